The van der Waals surface area contributed by atoms with Gasteiger partial charge in [0.25, 0.3) is 5.92 Å². The molecule has 45 heavy (non-hydrogen) atoms. The molecule has 2 aromatic carbocycles. The quantitative estimate of drug-likeness (QED) is 0.332. The fourth-order valence-electron chi connectivity index (χ4n) is 4.34. The molecule has 0 saturated carbocycles. The summed E-state index contributed by atoms with van der Waals surface area (Å²) in [7, 11) is -2.63. The number of alkyl halides is 5. The number of amides is 1. The van der Waals surface area contributed by atoms with Gasteiger partial charge in [0, 0.05) is 51.4 Å². The Morgan fingerprint density at radius 3 is 2.16 bits per heavy atom. The standard InChI is InChI=1S/C18H19F3N4O6S.C10H13F2N/c1-23-9-12(22-11-23)8-16(26)24-6-7-25(15(10-24)17(27)28)32(29,30)14-4-2-13(3-5-14)31-18(19,20)21;1-2-10(11,12)9-5-3-8(7-13)4-6-9/h2-5,9,11,15H,6-8,10H2,1H3,(H,27,28);3-6H,2,7,13H2,1H3/t15-;/m1./s1. The van der Waals surface area contributed by atoms with Crippen LogP contribution in [-0.4, -0.2) is 76.2 Å². The van der Waals surface area contributed by atoms with E-state index >= 15 is 0 Å². The zero-order valence-electron chi connectivity index (χ0n) is 24.2. The van der Waals surface area contributed by atoms with Gasteiger partial charge in [0.15, 0.2) is 0 Å². The molecule has 3 N–H and O–H groups in total. The maximum Gasteiger partial charge on any atom is 0.573 e. The van der Waals surface area contributed by atoms with E-state index in [-0.39, 0.29) is 38.0 Å². The Balaban J connectivity index is 0.000000355. The molecule has 1 saturated heterocycles. The summed E-state index contributed by atoms with van der Waals surface area (Å²) >= 11 is 0. The molecule has 0 unspecified atom stereocenters. The van der Waals surface area contributed by atoms with E-state index < -0.39 is 50.9 Å². The third-order valence-electron chi connectivity index (χ3n) is 6.78. The van der Waals surface area contributed by atoms with Gasteiger partial charge >= 0.3 is 12.3 Å². The molecule has 1 atom stereocenters. The van der Waals surface area contributed by atoms with Crippen molar-refractivity contribution in [2.24, 2.45) is 12.8 Å². The first-order chi connectivity index (χ1) is 21.0. The van der Waals surface area contributed by atoms with Crippen LogP contribution in [0.5, 0.6) is 5.75 Å². The summed E-state index contributed by atoms with van der Waals surface area (Å²) in [6, 6.07) is 8.02. The predicted octanol–water partition coefficient (Wildman–Crippen LogP) is 3.49. The lowest BCUT2D eigenvalue weighted by atomic mass is 10.0. The highest BCUT2D eigenvalue weighted by Crippen LogP contribution is 2.31. The number of ether oxygens (including phenoxy) is 1. The van der Waals surface area contributed by atoms with Crippen LogP contribution in [0.2, 0.25) is 0 Å². The lowest BCUT2D eigenvalue weighted by molar-refractivity contribution is -0.274. The zero-order chi connectivity index (χ0) is 33.6. The number of aryl methyl sites for hydroxylation is 1. The van der Waals surface area contributed by atoms with Crippen LogP contribution in [0, 0.1) is 0 Å². The van der Waals surface area contributed by atoms with Gasteiger partial charge in [0.2, 0.25) is 15.9 Å². The van der Waals surface area contributed by atoms with Gasteiger partial charge in [-0.1, -0.05) is 31.2 Å². The molecule has 0 radical (unpaired) electrons. The number of hydrogen-bond donors (Lipinski definition) is 2. The number of rotatable bonds is 9. The number of aromatic nitrogens is 2. The van der Waals surface area contributed by atoms with Crippen molar-refractivity contribution >= 4 is 21.9 Å². The monoisotopic (exact) mass is 661 g/mol. The fraction of sp³-hybridized carbons (Fsp3) is 0.393. The summed E-state index contributed by atoms with van der Waals surface area (Å²) in [5.74, 6) is -5.19. The zero-order valence-corrected chi connectivity index (χ0v) is 25.1. The summed E-state index contributed by atoms with van der Waals surface area (Å²) < 4.78 is 95.1. The predicted molar refractivity (Wildman–Crippen MR) is 150 cm³/mol. The maximum absolute atomic E-state index is 13.1. The Morgan fingerprint density at radius 1 is 1.04 bits per heavy atom. The summed E-state index contributed by atoms with van der Waals surface area (Å²) in [5, 5.41) is 9.58. The summed E-state index contributed by atoms with van der Waals surface area (Å²) in [5.41, 5.74) is 6.77. The summed E-state index contributed by atoms with van der Waals surface area (Å²) in [6.07, 6.45) is -2.03. The number of aliphatic carboxylic acids is 1. The molecule has 4 rings (SSSR count). The van der Waals surface area contributed by atoms with Gasteiger partial charge in [-0.15, -0.1) is 13.2 Å². The second-order valence-corrected chi connectivity index (χ2v) is 11.9. The van der Waals surface area contributed by atoms with Crippen LogP contribution in [0.3, 0.4) is 0 Å². The number of hydrogen-bond acceptors (Lipinski definition) is 7. The molecule has 0 spiro atoms. The van der Waals surface area contributed by atoms with Gasteiger partial charge in [-0.05, 0) is 29.8 Å². The number of carbonyl (C=O) groups excluding carboxylic acids is 1. The number of carboxylic acids is 1. The van der Waals surface area contributed by atoms with E-state index in [0.717, 1.165) is 34.1 Å². The number of carbonyl (C=O) groups is 2. The Labute approximate surface area is 256 Å². The molecule has 2 heterocycles. The van der Waals surface area contributed by atoms with Crippen molar-refractivity contribution < 1.29 is 49.8 Å². The SMILES string of the molecule is CCC(F)(F)c1ccc(CN)cc1.Cn1cnc(CC(=O)N2CCN(S(=O)(=O)c3ccc(OC(F)(F)F)cc3)[C@@H](C(=O)O)C2)c1. The number of benzene rings is 2. The molecule has 11 nitrogen and oxygen atoms in total. The minimum Gasteiger partial charge on any atom is -0.480 e. The van der Waals surface area contributed by atoms with Gasteiger partial charge in [0.05, 0.1) is 23.3 Å². The number of imidazole rings is 1. The second kappa shape index (κ2) is 14.3. The van der Waals surface area contributed by atoms with Gasteiger partial charge in [0.1, 0.15) is 11.8 Å². The van der Waals surface area contributed by atoms with Crippen molar-refractivity contribution in [3.8, 4) is 5.75 Å². The largest absolute Gasteiger partial charge is 0.573 e. The van der Waals surface area contributed by atoms with E-state index in [4.69, 9.17) is 5.73 Å². The van der Waals surface area contributed by atoms with Crippen LogP contribution >= 0.6 is 0 Å². The number of sulfonamides is 1. The van der Waals surface area contributed by atoms with E-state index in [1.54, 1.807) is 29.9 Å². The van der Waals surface area contributed by atoms with Crippen molar-refractivity contribution in [1.82, 2.24) is 18.8 Å². The first-order valence-electron chi connectivity index (χ1n) is 13.5. The molecule has 1 amide bonds. The Morgan fingerprint density at radius 2 is 1.67 bits per heavy atom. The fourth-order valence-corrected chi connectivity index (χ4v) is 5.91. The third-order valence-corrected chi connectivity index (χ3v) is 8.70. The van der Waals surface area contributed by atoms with Gasteiger partial charge in [-0.25, -0.2) is 22.2 Å². The van der Waals surface area contributed by atoms with Crippen LogP contribution < -0.4 is 10.5 Å². The Bertz CT molecular complexity index is 1560. The Hall–Kier alpha value is -4.09. The molecule has 246 valence electrons. The highest BCUT2D eigenvalue weighted by Gasteiger charge is 2.41. The molecule has 1 aliphatic heterocycles. The second-order valence-electron chi connectivity index (χ2n) is 10.00. The molecular formula is C28H32F5N5O6S. The van der Waals surface area contributed by atoms with Crippen molar-refractivity contribution in [2.45, 2.75) is 49.5 Å². The number of halogens is 5. The Kier molecular flexibility index (Phi) is 11.3. The number of carboxylic acid groups (broad SMARTS) is 1. The molecule has 0 bridgehead atoms. The van der Waals surface area contributed by atoms with Gasteiger partial charge in [-0.2, -0.15) is 4.31 Å². The van der Waals surface area contributed by atoms with Gasteiger partial charge < -0.3 is 25.0 Å². The van der Waals surface area contributed by atoms with E-state index in [0.29, 0.717) is 12.2 Å². The first kappa shape index (κ1) is 35.4. The van der Waals surface area contributed by atoms with Crippen LogP contribution in [0.25, 0.3) is 0 Å². The smallest absolute Gasteiger partial charge is 0.480 e. The van der Waals surface area contributed by atoms with Crippen molar-refractivity contribution in [3.63, 3.8) is 0 Å². The number of piperazine rings is 1. The van der Waals surface area contributed by atoms with Crippen molar-refractivity contribution in [1.29, 1.82) is 0 Å². The lowest BCUT2D eigenvalue weighted by Gasteiger charge is -2.38. The first-order valence-corrected chi connectivity index (χ1v) is 14.9. The highest BCUT2D eigenvalue weighted by atomic mass is 32.2. The normalized spacial score (nSPS) is 16.1. The molecule has 17 heteroatoms. The van der Waals surface area contributed by atoms with E-state index in [9.17, 15) is 45.1 Å². The topological polar surface area (TPSA) is 148 Å². The maximum atomic E-state index is 13.1. The average molecular weight is 662 g/mol. The number of nitrogens with zero attached hydrogens (tertiary/aromatic N) is 4. The van der Waals surface area contributed by atoms with Crippen LogP contribution in [0.15, 0.2) is 66.0 Å². The molecule has 3 aromatic rings. The molecule has 1 aliphatic rings. The highest BCUT2D eigenvalue weighted by molar-refractivity contribution is 7.89. The van der Waals surface area contributed by atoms with Crippen molar-refractivity contribution in [2.75, 3.05) is 19.6 Å². The lowest BCUT2D eigenvalue weighted by Crippen LogP contribution is -2.59. The van der Waals surface area contributed by atoms with Gasteiger partial charge in [-0.3, -0.25) is 9.59 Å². The minimum atomic E-state index is -4.94. The molecule has 1 aromatic heterocycles. The summed E-state index contributed by atoms with van der Waals surface area (Å²) in [4.78, 5) is 29.2. The molecule has 0 aliphatic carbocycles. The van der Waals surface area contributed by atoms with Crippen LogP contribution in [0.1, 0.15) is 30.2 Å². The van der Waals surface area contributed by atoms with E-state index in [1.165, 1.54) is 30.3 Å². The van der Waals surface area contributed by atoms with Crippen LogP contribution in [0.4, 0.5) is 22.0 Å². The average Bonchev–Trinajstić information content (AvgIpc) is 3.40. The number of nitrogens with two attached hydrogens (primary N) is 1. The molecular weight excluding hydrogens is 629 g/mol. The van der Waals surface area contributed by atoms with Crippen molar-refractivity contribution in [3.05, 3.63) is 77.9 Å². The van der Waals surface area contributed by atoms with E-state index in [2.05, 4.69) is 9.72 Å². The summed E-state index contributed by atoms with van der Waals surface area (Å²) in [6.45, 7) is 1.13. The van der Waals surface area contributed by atoms with E-state index in [1.807, 2.05) is 0 Å². The molecule has 1 fully saturated rings. The minimum absolute atomic E-state index is 0.0516. The van der Waals surface area contributed by atoms with Crippen LogP contribution in [-0.2, 0) is 45.5 Å². The third kappa shape index (κ3) is 9.45.